The van der Waals surface area contributed by atoms with E-state index >= 15 is 0 Å². The molecule has 0 unspecified atom stereocenters. The number of hydrogen-bond donors (Lipinski definition) is 1. The van der Waals surface area contributed by atoms with E-state index in [4.69, 9.17) is 10.00 Å². The summed E-state index contributed by atoms with van der Waals surface area (Å²) in [4.78, 5) is 32.0. The van der Waals surface area contributed by atoms with E-state index in [2.05, 4.69) is 10.3 Å². The van der Waals surface area contributed by atoms with E-state index in [0.717, 1.165) is 25.0 Å². The Hall–Kier alpha value is -3.18. The van der Waals surface area contributed by atoms with E-state index in [1.807, 2.05) is 10.6 Å². The van der Waals surface area contributed by atoms with Crippen LogP contribution in [0.25, 0.3) is 0 Å². The van der Waals surface area contributed by atoms with Crippen LogP contribution in [0.1, 0.15) is 45.2 Å². The van der Waals surface area contributed by atoms with Crippen molar-refractivity contribution >= 4 is 17.5 Å². The SMILES string of the molecule is N#Cc1ccc(NC(=O)c2nc(C(=O)N3CCOCC3)c3n2CCCC3)cc1. The van der Waals surface area contributed by atoms with Gasteiger partial charge in [0.2, 0.25) is 0 Å². The van der Waals surface area contributed by atoms with Gasteiger partial charge in [0.15, 0.2) is 5.82 Å². The van der Waals surface area contributed by atoms with E-state index in [9.17, 15) is 9.59 Å². The number of ether oxygens (including phenoxy) is 1. The third-order valence-corrected chi connectivity index (χ3v) is 5.09. The fourth-order valence-corrected chi connectivity index (χ4v) is 3.62. The molecule has 1 aromatic heterocycles. The highest BCUT2D eigenvalue weighted by atomic mass is 16.5. The first-order chi connectivity index (χ1) is 13.7. The van der Waals surface area contributed by atoms with Crippen LogP contribution in [0, 0.1) is 11.3 Å². The molecule has 4 rings (SSSR count). The molecule has 2 aromatic rings. The summed E-state index contributed by atoms with van der Waals surface area (Å²) in [6.07, 6.45) is 2.67. The molecule has 1 aromatic carbocycles. The number of fused-ring (bicyclic) bond motifs is 1. The zero-order chi connectivity index (χ0) is 19.5. The van der Waals surface area contributed by atoms with Gasteiger partial charge in [-0.05, 0) is 43.5 Å². The molecular weight excluding hydrogens is 358 g/mol. The first-order valence-corrected chi connectivity index (χ1v) is 9.45. The van der Waals surface area contributed by atoms with E-state index in [-0.39, 0.29) is 17.6 Å². The lowest BCUT2D eigenvalue weighted by molar-refractivity contribution is 0.0298. The van der Waals surface area contributed by atoms with Crippen LogP contribution in [-0.2, 0) is 17.7 Å². The molecule has 3 heterocycles. The van der Waals surface area contributed by atoms with E-state index < -0.39 is 0 Å². The zero-order valence-electron chi connectivity index (χ0n) is 15.5. The molecule has 1 saturated heterocycles. The maximum atomic E-state index is 13.0. The van der Waals surface area contributed by atoms with Gasteiger partial charge in [-0.3, -0.25) is 9.59 Å². The highest BCUT2D eigenvalue weighted by molar-refractivity contribution is 6.03. The number of aromatic nitrogens is 2. The normalized spacial score (nSPS) is 16.2. The third-order valence-electron chi connectivity index (χ3n) is 5.09. The topological polar surface area (TPSA) is 100 Å². The molecule has 0 aliphatic carbocycles. The number of nitriles is 1. The number of carbonyl (C=O) groups is 2. The second kappa shape index (κ2) is 7.82. The van der Waals surface area contributed by atoms with Gasteiger partial charge in [-0.2, -0.15) is 5.26 Å². The standard InChI is InChI=1S/C20H21N5O3/c21-13-14-4-6-15(7-5-14)22-19(26)18-23-17(16-3-1-2-8-25(16)18)20(27)24-9-11-28-12-10-24/h4-7H,1-3,8-12H2,(H,22,26). The Kier molecular flexibility index (Phi) is 5.08. The number of morpholine rings is 1. The van der Waals surface area contributed by atoms with Crippen molar-refractivity contribution in [2.24, 2.45) is 0 Å². The predicted molar refractivity (Wildman–Crippen MR) is 101 cm³/mol. The number of hydrogen-bond acceptors (Lipinski definition) is 5. The van der Waals surface area contributed by atoms with Gasteiger partial charge < -0.3 is 19.5 Å². The van der Waals surface area contributed by atoms with Gasteiger partial charge in [-0.15, -0.1) is 0 Å². The molecule has 0 saturated carbocycles. The Balaban J connectivity index is 1.61. The molecule has 8 heteroatoms. The average Bonchev–Trinajstić information content (AvgIpc) is 3.14. The highest BCUT2D eigenvalue weighted by Crippen LogP contribution is 2.23. The summed E-state index contributed by atoms with van der Waals surface area (Å²) in [6, 6.07) is 8.69. The van der Waals surface area contributed by atoms with Crippen LogP contribution in [0.2, 0.25) is 0 Å². The monoisotopic (exact) mass is 379 g/mol. The molecule has 1 fully saturated rings. The number of benzene rings is 1. The van der Waals surface area contributed by atoms with Crippen molar-refractivity contribution in [2.45, 2.75) is 25.8 Å². The first kappa shape index (κ1) is 18.2. The van der Waals surface area contributed by atoms with Crippen LogP contribution in [0.15, 0.2) is 24.3 Å². The summed E-state index contributed by atoms with van der Waals surface area (Å²) in [5.74, 6) is -0.226. The van der Waals surface area contributed by atoms with Crippen LogP contribution in [-0.4, -0.2) is 52.6 Å². The summed E-state index contributed by atoms with van der Waals surface area (Å²) < 4.78 is 7.19. The highest BCUT2D eigenvalue weighted by Gasteiger charge is 2.30. The fourth-order valence-electron chi connectivity index (χ4n) is 3.62. The van der Waals surface area contributed by atoms with Crippen LogP contribution in [0.4, 0.5) is 5.69 Å². The predicted octanol–water partition coefficient (Wildman–Crippen LogP) is 1.82. The second-order valence-corrected chi connectivity index (χ2v) is 6.89. The van der Waals surface area contributed by atoms with Crippen LogP contribution in [0.3, 0.4) is 0 Å². The van der Waals surface area contributed by atoms with Crippen LogP contribution >= 0.6 is 0 Å². The Bertz CT molecular complexity index is 936. The molecule has 0 radical (unpaired) electrons. The molecule has 0 spiro atoms. The van der Waals surface area contributed by atoms with Crippen molar-refractivity contribution < 1.29 is 14.3 Å². The maximum Gasteiger partial charge on any atom is 0.291 e. The van der Waals surface area contributed by atoms with E-state index in [1.165, 1.54) is 0 Å². The van der Waals surface area contributed by atoms with Crippen molar-refractivity contribution in [1.29, 1.82) is 5.26 Å². The van der Waals surface area contributed by atoms with Gasteiger partial charge >= 0.3 is 0 Å². The molecule has 2 amide bonds. The second-order valence-electron chi connectivity index (χ2n) is 6.89. The first-order valence-electron chi connectivity index (χ1n) is 9.45. The number of anilines is 1. The number of amides is 2. The molecule has 1 N–H and O–H groups in total. The van der Waals surface area contributed by atoms with Gasteiger partial charge in [0.25, 0.3) is 11.8 Å². The lowest BCUT2D eigenvalue weighted by Crippen LogP contribution is -2.41. The molecular formula is C20H21N5O3. The summed E-state index contributed by atoms with van der Waals surface area (Å²) in [5, 5.41) is 11.7. The minimum Gasteiger partial charge on any atom is -0.378 e. The maximum absolute atomic E-state index is 13.0. The van der Waals surface area contributed by atoms with Crippen LogP contribution in [0.5, 0.6) is 0 Å². The zero-order valence-corrected chi connectivity index (χ0v) is 15.5. The largest absolute Gasteiger partial charge is 0.378 e. The summed E-state index contributed by atoms with van der Waals surface area (Å²) >= 11 is 0. The summed E-state index contributed by atoms with van der Waals surface area (Å²) in [6.45, 7) is 2.80. The van der Waals surface area contributed by atoms with Crippen molar-refractivity contribution in [3.05, 3.63) is 47.0 Å². The van der Waals surface area contributed by atoms with Gasteiger partial charge in [-0.25, -0.2) is 4.98 Å². The number of rotatable bonds is 3. The third kappa shape index (κ3) is 3.49. The molecule has 144 valence electrons. The molecule has 0 atom stereocenters. The molecule has 8 nitrogen and oxygen atoms in total. The minimum absolute atomic E-state index is 0.133. The number of carbonyl (C=O) groups excluding carboxylic acids is 2. The summed E-state index contributed by atoms with van der Waals surface area (Å²) in [7, 11) is 0. The van der Waals surface area contributed by atoms with Gasteiger partial charge in [-0.1, -0.05) is 0 Å². The Morgan fingerprint density at radius 1 is 1.11 bits per heavy atom. The van der Waals surface area contributed by atoms with Crippen molar-refractivity contribution in [3.63, 3.8) is 0 Å². The Morgan fingerprint density at radius 3 is 2.57 bits per heavy atom. The number of imidazole rings is 1. The summed E-state index contributed by atoms with van der Waals surface area (Å²) in [5.41, 5.74) is 2.33. The minimum atomic E-state index is -0.353. The number of nitrogens with one attached hydrogen (secondary N) is 1. The average molecular weight is 379 g/mol. The van der Waals surface area contributed by atoms with Gasteiger partial charge in [0.05, 0.1) is 30.5 Å². The fraction of sp³-hybridized carbons (Fsp3) is 0.400. The molecule has 2 aliphatic rings. The van der Waals surface area contributed by atoms with Crippen molar-refractivity contribution in [3.8, 4) is 6.07 Å². The Labute approximate surface area is 162 Å². The van der Waals surface area contributed by atoms with E-state index in [1.54, 1.807) is 29.2 Å². The quantitative estimate of drug-likeness (QED) is 0.877. The number of nitrogens with zero attached hydrogens (tertiary/aromatic N) is 4. The lowest BCUT2D eigenvalue weighted by Gasteiger charge is -2.26. The van der Waals surface area contributed by atoms with Crippen molar-refractivity contribution in [1.82, 2.24) is 14.5 Å². The van der Waals surface area contributed by atoms with E-state index in [0.29, 0.717) is 49.8 Å². The lowest BCUT2D eigenvalue weighted by atomic mass is 10.1. The molecule has 0 bridgehead atoms. The molecule has 28 heavy (non-hydrogen) atoms. The van der Waals surface area contributed by atoms with Crippen molar-refractivity contribution in [2.75, 3.05) is 31.6 Å². The van der Waals surface area contributed by atoms with Gasteiger partial charge in [0, 0.05) is 25.3 Å². The van der Waals surface area contributed by atoms with Crippen LogP contribution < -0.4 is 5.32 Å². The van der Waals surface area contributed by atoms with Gasteiger partial charge in [0.1, 0.15) is 5.69 Å². The smallest absolute Gasteiger partial charge is 0.291 e. The molecule has 2 aliphatic heterocycles. The Morgan fingerprint density at radius 2 is 1.86 bits per heavy atom.